The summed E-state index contributed by atoms with van der Waals surface area (Å²) in [6, 6.07) is 15.6. The maximum Gasteiger partial charge on any atom is 0.338 e. The van der Waals surface area contributed by atoms with Crippen molar-refractivity contribution in [3.8, 4) is 17.1 Å². The van der Waals surface area contributed by atoms with Crippen LogP contribution in [0.2, 0.25) is 0 Å². The summed E-state index contributed by atoms with van der Waals surface area (Å²) in [6.45, 7) is 3.28. The number of para-hydroxylation sites is 2. The van der Waals surface area contributed by atoms with Crippen molar-refractivity contribution in [2.24, 2.45) is 5.10 Å². The Hall–Kier alpha value is -5.04. The highest BCUT2D eigenvalue weighted by atomic mass is 32.1. The number of hydrogen-bond acceptors (Lipinski definition) is 9. The number of hydrazone groups is 1. The number of hydrogen-bond donors (Lipinski definition) is 3. The van der Waals surface area contributed by atoms with Crippen LogP contribution in [-0.4, -0.2) is 41.3 Å². The summed E-state index contributed by atoms with van der Waals surface area (Å²) in [4.78, 5) is 35.9. The van der Waals surface area contributed by atoms with Gasteiger partial charge in [-0.1, -0.05) is 30.3 Å². The fourth-order valence-corrected chi connectivity index (χ4v) is 4.28. The summed E-state index contributed by atoms with van der Waals surface area (Å²) in [5.41, 5.74) is 4.06. The van der Waals surface area contributed by atoms with Gasteiger partial charge < -0.3 is 24.5 Å². The number of nitrogens with one attached hydrogen (secondary N) is 3. The predicted octanol–water partition coefficient (Wildman–Crippen LogP) is 3.74. The molecule has 0 aliphatic carbocycles. The minimum atomic E-state index is -0.654. The van der Waals surface area contributed by atoms with E-state index >= 15 is 0 Å². The molecule has 0 spiro atoms. The molecule has 3 aromatic rings. The van der Waals surface area contributed by atoms with Crippen LogP contribution in [-0.2, 0) is 14.3 Å². The van der Waals surface area contributed by atoms with Crippen LogP contribution in [0.1, 0.15) is 31.2 Å². The fourth-order valence-electron chi connectivity index (χ4n) is 4.01. The number of amides is 1. The zero-order chi connectivity index (χ0) is 28.6. The Morgan fingerprint density at radius 1 is 1.18 bits per heavy atom. The third kappa shape index (κ3) is 6.50. The Bertz CT molecular complexity index is 1510. The van der Waals surface area contributed by atoms with Gasteiger partial charge in [-0.15, -0.1) is 0 Å². The van der Waals surface area contributed by atoms with E-state index in [9.17, 15) is 19.7 Å². The van der Waals surface area contributed by atoms with Gasteiger partial charge in [-0.2, -0.15) is 5.10 Å². The Morgan fingerprint density at radius 2 is 1.93 bits per heavy atom. The summed E-state index contributed by atoms with van der Waals surface area (Å²) in [5, 5.41) is 21.5. The van der Waals surface area contributed by atoms with E-state index in [-0.39, 0.29) is 30.4 Å². The molecule has 0 saturated heterocycles. The maximum atomic E-state index is 12.7. The van der Waals surface area contributed by atoms with Gasteiger partial charge in [-0.3, -0.25) is 14.9 Å². The topological polar surface area (TPSA) is 157 Å². The van der Waals surface area contributed by atoms with Crippen LogP contribution in [0.25, 0.3) is 11.3 Å². The average Bonchev–Trinajstić information content (AvgIpc) is 3.40. The molecule has 0 saturated carbocycles. The number of thiocarbonyl (C=S) groups is 1. The monoisotopic (exact) mass is 563 g/mol. The molecule has 0 fully saturated rings. The second kappa shape index (κ2) is 12.7. The van der Waals surface area contributed by atoms with Gasteiger partial charge in [-0.25, -0.2) is 10.2 Å². The van der Waals surface area contributed by atoms with Gasteiger partial charge in [0.2, 0.25) is 0 Å². The van der Waals surface area contributed by atoms with Crippen LogP contribution in [0, 0.1) is 10.1 Å². The quantitative estimate of drug-likeness (QED) is 0.109. The molecule has 1 aliphatic heterocycles. The molecule has 1 atom stereocenters. The largest absolute Gasteiger partial charge is 0.483 e. The number of nitro groups is 1. The molecule has 2 aromatic carbocycles. The molecule has 13 heteroatoms. The van der Waals surface area contributed by atoms with Gasteiger partial charge in [-0.05, 0) is 50.3 Å². The van der Waals surface area contributed by atoms with Crippen LogP contribution in [0.15, 0.2) is 81.5 Å². The summed E-state index contributed by atoms with van der Waals surface area (Å²) < 4.78 is 16.6. The number of carbonyl (C=O) groups is 2. The van der Waals surface area contributed by atoms with Gasteiger partial charge >= 0.3 is 5.97 Å². The summed E-state index contributed by atoms with van der Waals surface area (Å²) in [5.74, 6) is -0.127. The molecule has 2 heterocycles. The lowest BCUT2D eigenvalue weighted by atomic mass is 9.95. The minimum absolute atomic E-state index is 0.0902. The van der Waals surface area contributed by atoms with Crippen molar-refractivity contribution >= 4 is 41.1 Å². The van der Waals surface area contributed by atoms with Crippen LogP contribution in [0.4, 0.5) is 5.69 Å². The molecular formula is C27H25N5O7S. The molecule has 12 nitrogen and oxygen atoms in total. The molecule has 0 radical (unpaired) electrons. The molecule has 0 bridgehead atoms. The van der Waals surface area contributed by atoms with Gasteiger partial charge in [0.1, 0.15) is 17.3 Å². The number of carbonyl (C=O) groups excluding carboxylic acids is 2. The highest BCUT2D eigenvalue weighted by Crippen LogP contribution is 2.34. The van der Waals surface area contributed by atoms with Crippen molar-refractivity contribution in [3.63, 3.8) is 0 Å². The van der Waals surface area contributed by atoms with Gasteiger partial charge in [0, 0.05) is 17.3 Å². The van der Waals surface area contributed by atoms with E-state index in [4.69, 9.17) is 26.1 Å². The van der Waals surface area contributed by atoms with E-state index in [1.54, 1.807) is 68.4 Å². The van der Waals surface area contributed by atoms with Gasteiger partial charge in [0.15, 0.2) is 11.7 Å². The number of benzene rings is 2. The lowest BCUT2D eigenvalue weighted by molar-refractivity contribution is -0.384. The van der Waals surface area contributed by atoms with E-state index in [1.165, 1.54) is 12.3 Å². The summed E-state index contributed by atoms with van der Waals surface area (Å²) >= 11 is 5.28. The van der Waals surface area contributed by atoms with Crippen molar-refractivity contribution < 1.29 is 28.4 Å². The van der Waals surface area contributed by atoms with E-state index in [2.05, 4.69) is 21.2 Å². The lowest BCUT2D eigenvalue weighted by Crippen LogP contribution is -2.45. The molecule has 0 unspecified atom stereocenters. The number of nitro benzene ring substituents is 1. The highest BCUT2D eigenvalue weighted by Gasteiger charge is 2.32. The smallest absolute Gasteiger partial charge is 0.338 e. The number of rotatable bonds is 10. The van der Waals surface area contributed by atoms with Crippen LogP contribution >= 0.6 is 12.2 Å². The maximum absolute atomic E-state index is 12.7. The van der Waals surface area contributed by atoms with Crippen LogP contribution in [0.5, 0.6) is 5.75 Å². The molecule has 1 amide bonds. The van der Waals surface area contributed by atoms with E-state index in [1.807, 2.05) is 0 Å². The molecular weight excluding hydrogens is 538 g/mol. The third-order valence-corrected chi connectivity index (χ3v) is 5.95. The number of esters is 1. The van der Waals surface area contributed by atoms with Gasteiger partial charge in [0.25, 0.3) is 11.6 Å². The van der Waals surface area contributed by atoms with E-state index in [0.29, 0.717) is 33.3 Å². The first kappa shape index (κ1) is 28.0. The molecule has 40 heavy (non-hydrogen) atoms. The summed E-state index contributed by atoms with van der Waals surface area (Å²) in [6.07, 6.45) is 1.27. The standard InChI is InChI=1S/C27H25N5O7S/c1-3-37-26(34)24-16(2)29-27(40)30-25(24)19-9-5-7-11-21(19)38-15-23(33)31-28-14-17-12-13-22(39-17)18-8-4-6-10-20(18)32(35)36/h4-14,25H,3,15H2,1-2H3,(H,31,33)(H2,29,30,40)/t25-/m1/s1. The normalized spacial score (nSPS) is 14.8. The first-order valence-corrected chi connectivity index (χ1v) is 12.5. The van der Waals surface area contributed by atoms with Crippen molar-refractivity contribution in [1.29, 1.82) is 0 Å². The lowest BCUT2D eigenvalue weighted by Gasteiger charge is -2.30. The van der Waals surface area contributed by atoms with E-state index < -0.39 is 22.8 Å². The second-order valence-corrected chi connectivity index (χ2v) is 8.79. The predicted molar refractivity (Wildman–Crippen MR) is 149 cm³/mol. The molecule has 4 rings (SSSR count). The SMILES string of the molecule is CCOC(=O)C1=C(C)NC(=S)N[C@@H]1c1ccccc1OCC(=O)NN=Cc1ccc(-c2ccccc2[N+](=O)[O-])o1. The number of allylic oxidation sites excluding steroid dienone is 1. The third-order valence-electron chi connectivity index (χ3n) is 5.73. The Labute approximate surface area is 234 Å². The number of ether oxygens (including phenoxy) is 2. The first-order valence-electron chi connectivity index (χ1n) is 12.1. The first-order chi connectivity index (χ1) is 19.3. The number of nitrogens with zero attached hydrogens (tertiary/aromatic N) is 2. The zero-order valence-electron chi connectivity index (χ0n) is 21.5. The van der Waals surface area contributed by atoms with Gasteiger partial charge in [0.05, 0.1) is 34.9 Å². The molecule has 3 N–H and O–H groups in total. The Kier molecular flexibility index (Phi) is 8.86. The minimum Gasteiger partial charge on any atom is -0.483 e. The summed E-state index contributed by atoms with van der Waals surface area (Å²) in [7, 11) is 0. The Balaban J connectivity index is 1.41. The van der Waals surface area contributed by atoms with Crippen LogP contribution in [0.3, 0.4) is 0 Å². The van der Waals surface area contributed by atoms with Crippen molar-refractivity contribution in [1.82, 2.24) is 16.1 Å². The zero-order valence-corrected chi connectivity index (χ0v) is 22.3. The Morgan fingerprint density at radius 3 is 2.70 bits per heavy atom. The average molecular weight is 564 g/mol. The van der Waals surface area contributed by atoms with Crippen LogP contribution < -0.4 is 20.8 Å². The number of furan rings is 1. The molecule has 206 valence electrons. The van der Waals surface area contributed by atoms with Crippen molar-refractivity contribution in [2.75, 3.05) is 13.2 Å². The van der Waals surface area contributed by atoms with E-state index in [0.717, 1.165) is 0 Å². The molecule has 1 aliphatic rings. The fraction of sp³-hybridized carbons (Fsp3) is 0.185. The van der Waals surface area contributed by atoms with Crippen molar-refractivity contribution in [3.05, 3.63) is 93.4 Å². The second-order valence-electron chi connectivity index (χ2n) is 8.39. The van der Waals surface area contributed by atoms with Crippen molar-refractivity contribution in [2.45, 2.75) is 19.9 Å². The molecule has 1 aromatic heterocycles. The highest BCUT2D eigenvalue weighted by molar-refractivity contribution is 7.80.